The van der Waals surface area contributed by atoms with E-state index < -0.39 is 10.0 Å². The number of benzene rings is 1. The molecule has 0 bridgehead atoms. The van der Waals surface area contributed by atoms with Gasteiger partial charge in [-0.2, -0.15) is 0 Å². The molecule has 5 nitrogen and oxygen atoms in total. The molecule has 2 aromatic rings. The Kier molecular flexibility index (Phi) is 5.33. The van der Waals surface area contributed by atoms with Gasteiger partial charge in [-0.05, 0) is 35.7 Å². The van der Waals surface area contributed by atoms with E-state index in [1.807, 2.05) is 17.5 Å². The Balaban J connectivity index is 2.11. The summed E-state index contributed by atoms with van der Waals surface area (Å²) in [5.74, 6) is -0.138. The number of rotatable bonds is 6. The molecule has 1 aromatic carbocycles. The van der Waals surface area contributed by atoms with Crippen molar-refractivity contribution in [2.24, 2.45) is 0 Å². The molecule has 1 heterocycles. The number of amides is 1. The van der Waals surface area contributed by atoms with Crippen LogP contribution in [0.3, 0.4) is 0 Å². The highest BCUT2D eigenvalue weighted by Gasteiger charge is 2.16. The fourth-order valence-electron chi connectivity index (χ4n) is 1.98. The second-order valence-corrected chi connectivity index (χ2v) is 7.57. The van der Waals surface area contributed by atoms with Crippen LogP contribution in [-0.2, 0) is 16.6 Å². The fourth-order valence-corrected chi connectivity index (χ4v) is 3.78. The highest BCUT2D eigenvalue weighted by molar-refractivity contribution is 7.89. The van der Waals surface area contributed by atoms with Crippen LogP contribution in [0.15, 0.2) is 46.7 Å². The lowest BCUT2D eigenvalue weighted by Crippen LogP contribution is -2.26. The monoisotopic (exact) mass is 338 g/mol. The lowest BCUT2D eigenvalue weighted by molar-refractivity contribution is 0.0786. The summed E-state index contributed by atoms with van der Waals surface area (Å²) in [4.78, 5) is 15.2. The summed E-state index contributed by atoms with van der Waals surface area (Å²) in [5.41, 5.74) is 0.467. The van der Waals surface area contributed by atoms with E-state index in [0.717, 1.165) is 4.88 Å². The van der Waals surface area contributed by atoms with Gasteiger partial charge in [0.25, 0.3) is 5.91 Å². The molecule has 118 valence electrons. The maximum Gasteiger partial charge on any atom is 0.253 e. The first kappa shape index (κ1) is 16.7. The Morgan fingerprint density at radius 1 is 1.23 bits per heavy atom. The van der Waals surface area contributed by atoms with E-state index in [1.165, 1.54) is 24.3 Å². The van der Waals surface area contributed by atoms with Gasteiger partial charge in [-0.25, -0.2) is 13.1 Å². The smallest absolute Gasteiger partial charge is 0.253 e. The van der Waals surface area contributed by atoms with Crippen LogP contribution in [0.1, 0.15) is 22.2 Å². The van der Waals surface area contributed by atoms with Crippen molar-refractivity contribution >= 4 is 27.3 Å². The highest BCUT2D eigenvalue weighted by Crippen LogP contribution is 2.15. The molecule has 22 heavy (non-hydrogen) atoms. The SMILES string of the molecule is CCNS(=O)(=O)c1ccc(C(=O)N(C)Cc2cccs2)cc1. The summed E-state index contributed by atoms with van der Waals surface area (Å²) in [6.07, 6.45) is 0. The van der Waals surface area contributed by atoms with Crippen LogP contribution in [0.4, 0.5) is 0 Å². The number of hydrogen-bond donors (Lipinski definition) is 1. The Morgan fingerprint density at radius 3 is 2.45 bits per heavy atom. The van der Waals surface area contributed by atoms with Gasteiger partial charge in [0.1, 0.15) is 0 Å². The summed E-state index contributed by atoms with van der Waals surface area (Å²) < 4.78 is 26.1. The lowest BCUT2D eigenvalue weighted by Gasteiger charge is -2.16. The Hall–Kier alpha value is -1.70. The third kappa shape index (κ3) is 3.94. The lowest BCUT2D eigenvalue weighted by atomic mass is 10.2. The number of carbonyl (C=O) groups excluding carboxylic acids is 1. The molecule has 0 aliphatic rings. The molecule has 0 unspecified atom stereocenters. The van der Waals surface area contributed by atoms with E-state index in [-0.39, 0.29) is 10.8 Å². The number of nitrogens with one attached hydrogen (secondary N) is 1. The molecular formula is C15H18N2O3S2. The maximum absolute atomic E-state index is 12.3. The first-order valence-electron chi connectivity index (χ1n) is 6.81. The van der Waals surface area contributed by atoms with Gasteiger partial charge in [-0.1, -0.05) is 13.0 Å². The molecule has 1 N–H and O–H groups in total. The third-order valence-corrected chi connectivity index (χ3v) is 5.49. The van der Waals surface area contributed by atoms with E-state index in [4.69, 9.17) is 0 Å². The molecule has 1 amide bonds. The normalized spacial score (nSPS) is 11.4. The quantitative estimate of drug-likeness (QED) is 0.879. The molecule has 0 aliphatic carbocycles. The van der Waals surface area contributed by atoms with Gasteiger partial charge in [0.15, 0.2) is 0 Å². The summed E-state index contributed by atoms with van der Waals surface area (Å²) in [6.45, 7) is 2.58. The van der Waals surface area contributed by atoms with Crippen molar-refractivity contribution in [2.75, 3.05) is 13.6 Å². The zero-order chi connectivity index (χ0) is 16.2. The first-order valence-corrected chi connectivity index (χ1v) is 9.18. The molecule has 0 spiro atoms. The molecule has 0 aliphatic heterocycles. The van der Waals surface area contributed by atoms with Crippen LogP contribution in [0.25, 0.3) is 0 Å². The average molecular weight is 338 g/mol. The van der Waals surface area contributed by atoms with Crippen molar-refractivity contribution in [3.05, 3.63) is 52.2 Å². The predicted octanol–water partition coefficient (Wildman–Crippen LogP) is 2.32. The second-order valence-electron chi connectivity index (χ2n) is 4.77. The third-order valence-electron chi connectivity index (χ3n) is 3.07. The van der Waals surface area contributed by atoms with Gasteiger partial charge in [0.05, 0.1) is 11.4 Å². The minimum absolute atomic E-state index is 0.138. The standard InChI is InChI=1S/C15H18N2O3S2/c1-3-16-22(19,20)14-8-6-12(7-9-14)15(18)17(2)11-13-5-4-10-21-13/h4-10,16H,3,11H2,1-2H3. The van der Waals surface area contributed by atoms with Crippen LogP contribution >= 0.6 is 11.3 Å². The van der Waals surface area contributed by atoms with Crippen molar-refractivity contribution < 1.29 is 13.2 Å². The van der Waals surface area contributed by atoms with E-state index in [0.29, 0.717) is 18.7 Å². The van der Waals surface area contributed by atoms with E-state index in [2.05, 4.69) is 4.72 Å². The summed E-state index contributed by atoms with van der Waals surface area (Å²) in [5, 5.41) is 1.97. The van der Waals surface area contributed by atoms with Crippen molar-refractivity contribution in [3.8, 4) is 0 Å². The average Bonchev–Trinajstić information content (AvgIpc) is 2.99. The number of carbonyl (C=O) groups is 1. The largest absolute Gasteiger partial charge is 0.337 e. The second kappa shape index (κ2) is 7.04. The van der Waals surface area contributed by atoms with Gasteiger partial charge in [0.2, 0.25) is 10.0 Å². The van der Waals surface area contributed by atoms with Gasteiger partial charge >= 0.3 is 0 Å². The molecule has 1 aromatic heterocycles. The molecule has 0 saturated carbocycles. The van der Waals surface area contributed by atoms with Gasteiger partial charge in [0, 0.05) is 24.0 Å². The Morgan fingerprint density at radius 2 is 1.91 bits per heavy atom. The van der Waals surface area contributed by atoms with E-state index >= 15 is 0 Å². The van der Waals surface area contributed by atoms with Crippen LogP contribution in [0.5, 0.6) is 0 Å². The highest BCUT2D eigenvalue weighted by atomic mass is 32.2. The maximum atomic E-state index is 12.3. The van der Waals surface area contributed by atoms with Crippen molar-refractivity contribution in [1.29, 1.82) is 0 Å². The van der Waals surface area contributed by atoms with Gasteiger partial charge in [-0.15, -0.1) is 11.3 Å². The molecule has 0 radical (unpaired) electrons. The minimum atomic E-state index is -3.49. The summed E-state index contributed by atoms with van der Waals surface area (Å²) in [6, 6.07) is 9.89. The van der Waals surface area contributed by atoms with E-state index in [9.17, 15) is 13.2 Å². The molecular weight excluding hydrogens is 320 g/mol. The van der Waals surface area contributed by atoms with Crippen molar-refractivity contribution in [3.63, 3.8) is 0 Å². The van der Waals surface area contributed by atoms with Crippen LogP contribution in [-0.4, -0.2) is 32.8 Å². The minimum Gasteiger partial charge on any atom is -0.337 e. The Labute approximate surface area is 134 Å². The van der Waals surface area contributed by atoms with Crippen LogP contribution in [0.2, 0.25) is 0 Å². The fraction of sp³-hybridized carbons (Fsp3) is 0.267. The van der Waals surface area contributed by atoms with E-state index in [1.54, 1.807) is 30.2 Å². The van der Waals surface area contributed by atoms with Crippen molar-refractivity contribution in [1.82, 2.24) is 9.62 Å². The zero-order valence-corrected chi connectivity index (χ0v) is 14.1. The van der Waals surface area contributed by atoms with Crippen molar-refractivity contribution in [2.45, 2.75) is 18.4 Å². The number of nitrogens with zero attached hydrogens (tertiary/aromatic N) is 1. The molecule has 0 fully saturated rings. The molecule has 7 heteroatoms. The number of thiophene rings is 1. The summed E-state index contributed by atoms with van der Waals surface area (Å²) in [7, 11) is -1.76. The predicted molar refractivity (Wildman–Crippen MR) is 87.4 cm³/mol. The summed E-state index contributed by atoms with van der Waals surface area (Å²) >= 11 is 1.59. The van der Waals surface area contributed by atoms with Crippen LogP contribution in [0, 0.1) is 0 Å². The van der Waals surface area contributed by atoms with Gasteiger partial charge < -0.3 is 4.90 Å². The Bertz CT molecular complexity index is 723. The number of sulfonamides is 1. The molecule has 0 atom stereocenters. The van der Waals surface area contributed by atoms with Gasteiger partial charge in [-0.3, -0.25) is 4.79 Å². The number of hydrogen-bond acceptors (Lipinski definition) is 4. The zero-order valence-electron chi connectivity index (χ0n) is 12.4. The first-order chi connectivity index (χ1) is 10.4. The van der Waals surface area contributed by atoms with Crippen LogP contribution < -0.4 is 4.72 Å². The molecule has 2 rings (SSSR count). The topological polar surface area (TPSA) is 66.5 Å². The molecule has 0 saturated heterocycles.